The van der Waals surface area contributed by atoms with E-state index in [1.54, 1.807) is 6.07 Å². The minimum Gasteiger partial charge on any atom is -0.508 e. The van der Waals surface area contributed by atoms with Gasteiger partial charge in [-0.3, -0.25) is 0 Å². The van der Waals surface area contributed by atoms with Crippen molar-refractivity contribution in [2.45, 2.75) is 26.4 Å². The van der Waals surface area contributed by atoms with E-state index in [9.17, 15) is 5.11 Å². The highest BCUT2D eigenvalue weighted by Crippen LogP contribution is 2.28. The fraction of sp³-hybridized carbons (Fsp3) is 0.455. The molecule has 0 aliphatic heterocycles. The second kappa shape index (κ2) is 4.87. The summed E-state index contributed by atoms with van der Waals surface area (Å²) in [6.45, 7) is 4.68. The molecule has 1 N–H and O–H groups in total. The lowest BCUT2D eigenvalue weighted by atomic mass is 10.1. The van der Waals surface area contributed by atoms with E-state index in [4.69, 9.17) is 4.74 Å². The molecule has 0 saturated carbocycles. The van der Waals surface area contributed by atoms with Gasteiger partial charge in [-0.1, -0.05) is 25.1 Å². The molecule has 0 bridgehead atoms. The number of hydrogen-bond donors (Lipinski definition) is 1. The number of para-hydroxylation sites is 1. The molecule has 0 spiro atoms. The molecule has 1 rings (SSSR count). The molecular formula is C11H16O2. The van der Waals surface area contributed by atoms with Crippen LogP contribution in [-0.4, -0.2) is 11.7 Å². The van der Waals surface area contributed by atoms with Gasteiger partial charge < -0.3 is 9.84 Å². The van der Waals surface area contributed by atoms with Crippen LogP contribution < -0.4 is 0 Å². The Morgan fingerprint density at radius 1 is 1.31 bits per heavy atom. The molecule has 72 valence electrons. The van der Waals surface area contributed by atoms with Crippen molar-refractivity contribution in [3.05, 3.63) is 29.8 Å². The summed E-state index contributed by atoms with van der Waals surface area (Å²) in [6.07, 6.45) is 0.900. The van der Waals surface area contributed by atoms with Crippen LogP contribution >= 0.6 is 0 Å². The number of aromatic hydroxyl groups is 1. The second-order valence-electron chi connectivity index (χ2n) is 2.91. The van der Waals surface area contributed by atoms with Crippen LogP contribution in [0.4, 0.5) is 0 Å². The molecule has 1 aromatic rings. The van der Waals surface area contributed by atoms with Gasteiger partial charge in [0.25, 0.3) is 0 Å². The zero-order chi connectivity index (χ0) is 9.68. The first-order valence-corrected chi connectivity index (χ1v) is 4.69. The minimum atomic E-state index is 0.0196. The molecule has 0 heterocycles. The highest BCUT2D eigenvalue weighted by atomic mass is 16.5. The summed E-state index contributed by atoms with van der Waals surface area (Å²) in [5, 5.41) is 9.56. The number of ether oxygens (including phenoxy) is 1. The zero-order valence-corrected chi connectivity index (χ0v) is 8.16. The predicted octanol–water partition coefficient (Wildman–Crippen LogP) is 2.88. The van der Waals surface area contributed by atoms with Crippen LogP contribution in [0.2, 0.25) is 0 Å². The second-order valence-corrected chi connectivity index (χ2v) is 2.91. The maximum Gasteiger partial charge on any atom is 0.121 e. The molecule has 0 aliphatic carbocycles. The van der Waals surface area contributed by atoms with Gasteiger partial charge in [0.1, 0.15) is 5.75 Å². The number of benzene rings is 1. The predicted molar refractivity (Wildman–Crippen MR) is 52.8 cm³/mol. The highest BCUT2D eigenvalue weighted by Gasteiger charge is 2.11. The fourth-order valence-corrected chi connectivity index (χ4v) is 1.39. The first kappa shape index (κ1) is 10.1. The largest absolute Gasteiger partial charge is 0.508 e. The summed E-state index contributed by atoms with van der Waals surface area (Å²) in [7, 11) is 0. The molecule has 1 unspecified atom stereocenters. The Morgan fingerprint density at radius 3 is 2.54 bits per heavy atom. The molecule has 1 aromatic carbocycles. The molecule has 1 atom stereocenters. The normalized spacial score (nSPS) is 12.8. The standard InChI is InChI=1S/C11H16O2/c1-3-11(13-4-2)9-7-5-6-8-10(9)12/h5-8,11-12H,3-4H2,1-2H3. The Balaban J connectivity index is 2.84. The van der Waals surface area contributed by atoms with Gasteiger partial charge in [0.05, 0.1) is 6.10 Å². The van der Waals surface area contributed by atoms with E-state index in [-0.39, 0.29) is 6.10 Å². The van der Waals surface area contributed by atoms with Gasteiger partial charge in [-0.05, 0) is 19.4 Å². The molecule has 0 fully saturated rings. The van der Waals surface area contributed by atoms with Gasteiger partial charge in [0.15, 0.2) is 0 Å². The Hall–Kier alpha value is -1.02. The molecular weight excluding hydrogens is 164 g/mol. The molecule has 0 aromatic heterocycles. The van der Waals surface area contributed by atoms with E-state index >= 15 is 0 Å². The third-order valence-corrected chi connectivity index (χ3v) is 2.02. The minimum absolute atomic E-state index is 0.0196. The Morgan fingerprint density at radius 2 is 2.00 bits per heavy atom. The summed E-state index contributed by atoms with van der Waals surface area (Å²) in [6, 6.07) is 7.32. The number of hydrogen-bond acceptors (Lipinski definition) is 2. The van der Waals surface area contributed by atoms with Crippen molar-refractivity contribution in [1.82, 2.24) is 0 Å². The van der Waals surface area contributed by atoms with Gasteiger partial charge in [0.2, 0.25) is 0 Å². The summed E-state index contributed by atoms with van der Waals surface area (Å²) in [5.74, 6) is 0.322. The molecule has 13 heavy (non-hydrogen) atoms. The summed E-state index contributed by atoms with van der Waals surface area (Å²) in [5.41, 5.74) is 0.881. The summed E-state index contributed by atoms with van der Waals surface area (Å²) >= 11 is 0. The van der Waals surface area contributed by atoms with Crippen molar-refractivity contribution in [3.8, 4) is 5.75 Å². The quantitative estimate of drug-likeness (QED) is 0.772. The Labute approximate surface area is 79.2 Å². The first-order chi connectivity index (χ1) is 6.29. The van der Waals surface area contributed by atoms with Crippen LogP contribution in [-0.2, 0) is 4.74 Å². The Kier molecular flexibility index (Phi) is 3.77. The third-order valence-electron chi connectivity index (χ3n) is 2.02. The lowest BCUT2D eigenvalue weighted by Gasteiger charge is -2.16. The van der Waals surface area contributed by atoms with Crippen molar-refractivity contribution in [1.29, 1.82) is 0 Å². The van der Waals surface area contributed by atoms with Crippen LogP contribution in [0.5, 0.6) is 5.75 Å². The average Bonchev–Trinajstić information content (AvgIpc) is 2.16. The highest BCUT2D eigenvalue weighted by molar-refractivity contribution is 5.33. The zero-order valence-electron chi connectivity index (χ0n) is 8.16. The van der Waals surface area contributed by atoms with E-state index < -0.39 is 0 Å². The van der Waals surface area contributed by atoms with E-state index in [0.717, 1.165) is 12.0 Å². The number of rotatable bonds is 4. The van der Waals surface area contributed by atoms with E-state index in [2.05, 4.69) is 0 Å². The van der Waals surface area contributed by atoms with Crippen LogP contribution in [0.15, 0.2) is 24.3 Å². The first-order valence-electron chi connectivity index (χ1n) is 4.69. The van der Waals surface area contributed by atoms with E-state index in [1.165, 1.54) is 0 Å². The van der Waals surface area contributed by atoms with Crippen LogP contribution in [0.3, 0.4) is 0 Å². The molecule has 0 saturated heterocycles. The molecule has 0 radical (unpaired) electrons. The van der Waals surface area contributed by atoms with E-state index in [0.29, 0.717) is 12.4 Å². The fourth-order valence-electron chi connectivity index (χ4n) is 1.39. The van der Waals surface area contributed by atoms with Gasteiger partial charge in [0, 0.05) is 12.2 Å². The SMILES string of the molecule is CCOC(CC)c1ccccc1O. The van der Waals surface area contributed by atoms with Crippen LogP contribution in [0.25, 0.3) is 0 Å². The van der Waals surface area contributed by atoms with Gasteiger partial charge in [-0.15, -0.1) is 0 Å². The third kappa shape index (κ3) is 2.46. The van der Waals surface area contributed by atoms with Gasteiger partial charge >= 0.3 is 0 Å². The van der Waals surface area contributed by atoms with Crippen molar-refractivity contribution in [2.24, 2.45) is 0 Å². The number of phenols is 1. The molecule has 2 heteroatoms. The molecule has 2 nitrogen and oxygen atoms in total. The van der Waals surface area contributed by atoms with Gasteiger partial charge in [-0.2, -0.15) is 0 Å². The topological polar surface area (TPSA) is 29.5 Å². The summed E-state index contributed by atoms with van der Waals surface area (Å²) < 4.78 is 5.50. The monoisotopic (exact) mass is 180 g/mol. The molecule has 0 amide bonds. The smallest absolute Gasteiger partial charge is 0.121 e. The lowest BCUT2D eigenvalue weighted by Crippen LogP contribution is -2.02. The maximum atomic E-state index is 9.56. The van der Waals surface area contributed by atoms with Crippen molar-refractivity contribution < 1.29 is 9.84 Å². The summed E-state index contributed by atoms with van der Waals surface area (Å²) in [4.78, 5) is 0. The lowest BCUT2D eigenvalue weighted by molar-refractivity contribution is 0.0581. The van der Waals surface area contributed by atoms with Crippen LogP contribution in [0.1, 0.15) is 31.9 Å². The van der Waals surface area contributed by atoms with Crippen LogP contribution in [0, 0.1) is 0 Å². The Bertz CT molecular complexity index is 258. The van der Waals surface area contributed by atoms with Crippen molar-refractivity contribution in [2.75, 3.05) is 6.61 Å². The van der Waals surface area contributed by atoms with Crippen molar-refractivity contribution in [3.63, 3.8) is 0 Å². The molecule has 0 aliphatic rings. The van der Waals surface area contributed by atoms with E-state index in [1.807, 2.05) is 32.0 Å². The van der Waals surface area contributed by atoms with Crippen molar-refractivity contribution >= 4 is 0 Å². The van der Waals surface area contributed by atoms with Gasteiger partial charge in [-0.25, -0.2) is 0 Å². The number of phenolic OH excluding ortho intramolecular Hbond substituents is 1. The maximum absolute atomic E-state index is 9.56. The average molecular weight is 180 g/mol.